The summed E-state index contributed by atoms with van der Waals surface area (Å²) in [4.78, 5) is 26.0. The number of nitrogens with two attached hydrogens (primary N) is 1. The molecule has 1 aromatic carbocycles. The van der Waals surface area contributed by atoms with Crippen LogP contribution in [0.25, 0.3) is 11.0 Å². The molecule has 0 unspecified atom stereocenters. The predicted molar refractivity (Wildman–Crippen MR) is 107 cm³/mol. The zero-order valence-electron chi connectivity index (χ0n) is 16.4. The molecule has 1 amide bonds. The monoisotopic (exact) mass is 392 g/mol. The van der Waals surface area contributed by atoms with Gasteiger partial charge in [-0.2, -0.15) is 5.26 Å². The van der Waals surface area contributed by atoms with E-state index >= 15 is 0 Å². The number of hydrogen-bond acceptors (Lipinski definition) is 7. The number of fused-ring (bicyclic) bond motifs is 1. The second-order valence-electron chi connectivity index (χ2n) is 8.53. The number of morpholine rings is 1. The number of carbonyl (C=O) groups is 1. The van der Waals surface area contributed by atoms with Gasteiger partial charge in [-0.25, -0.2) is 0 Å². The molecule has 5 rings (SSSR count). The van der Waals surface area contributed by atoms with E-state index in [0.29, 0.717) is 36.2 Å². The average molecular weight is 392 g/mol. The van der Waals surface area contributed by atoms with Gasteiger partial charge in [-0.3, -0.25) is 14.8 Å². The van der Waals surface area contributed by atoms with Crippen molar-refractivity contribution in [1.82, 2.24) is 14.9 Å². The molecule has 2 N–H and O–H groups in total. The molecule has 2 saturated heterocycles. The third-order valence-electron chi connectivity index (χ3n) is 6.51. The molecule has 3 aliphatic rings. The van der Waals surface area contributed by atoms with Crippen LogP contribution in [0.4, 0.5) is 5.69 Å². The number of hydrogen-bond donors (Lipinski definition) is 1. The first-order chi connectivity index (χ1) is 14.0. The molecule has 1 spiro atoms. The van der Waals surface area contributed by atoms with Crippen LogP contribution in [0.1, 0.15) is 25.3 Å². The summed E-state index contributed by atoms with van der Waals surface area (Å²) >= 11 is 0. The zero-order chi connectivity index (χ0) is 20.2. The second-order valence-corrected chi connectivity index (χ2v) is 8.53. The van der Waals surface area contributed by atoms with Gasteiger partial charge in [0, 0.05) is 43.5 Å². The van der Waals surface area contributed by atoms with Crippen LogP contribution >= 0.6 is 0 Å². The maximum absolute atomic E-state index is 13.2. The van der Waals surface area contributed by atoms with E-state index in [1.54, 1.807) is 18.5 Å². The Kier molecular flexibility index (Phi) is 4.19. The molecule has 0 radical (unpaired) electrons. The van der Waals surface area contributed by atoms with E-state index in [1.807, 2.05) is 17.9 Å². The maximum Gasteiger partial charge on any atom is 0.253 e. The standard InChI is InChI=1S/C21H24N6O2/c1-13-9-26(15-3-2-14(8-22)18-19(15)25-7-6-24-18)10-16(29-13)20(28)27-11-17(23)21(12-27)4-5-21/h2-3,6-7,13,16-17H,4-5,9-12,23H2,1H3/t13-,16-,17-/m1/s1. The van der Waals surface area contributed by atoms with E-state index in [0.717, 1.165) is 25.1 Å². The van der Waals surface area contributed by atoms with Crippen LogP contribution in [0.3, 0.4) is 0 Å². The van der Waals surface area contributed by atoms with Crippen LogP contribution in [-0.4, -0.2) is 65.2 Å². The normalized spacial score (nSPS) is 28.0. The largest absolute Gasteiger partial charge is 0.364 e. The van der Waals surface area contributed by atoms with E-state index in [1.165, 1.54) is 0 Å². The van der Waals surface area contributed by atoms with E-state index in [2.05, 4.69) is 20.9 Å². The molecule has 150 valence electrons. The van der Waals surface area contributed by atoms with Crippen molar-refractivity contribution in [3.63, 3.8) is 0 Å². The Bertz CT molecular complexity index is 1010. The Labute approximate surface area is 169 Å². The van der Waals surface area contributed by atoms with E-state index in [4.69, 9.17) is 10.5 Å². The van der Waals surface area contributed by atoms with Gasteiger partial charge in [0.15, 0.2) is 6.10 Å². The fraction of sp³-hybridized carbons (Fsp3) is 0.524. The average Bonchev–Trinajstić information content (AvgIpc) is 3.44. The number of nitriles is 1. The molecule has 1 aliphatic carbocycles. The lowest BCUT2D eigenvalue weighted by Crippen LogP contribution is -2.53. The number of aromatic nitrogens is 2. The summed E-state index contributed by atoms with van der Waals surface area (Å²) in [6.07, 6.45) is 4.80. The van der Waals surface area contributed by atoms with Crippen LogP contribution in [0.15, 0.2) is 24.5 Å². The Morgan fingerprint density at radius 1 is 1.24 bits per heavy atom. The first-order valence-corrected chi connectivity index (χ1v) is 10.1. The van der Waals surface area contributed by atoms with Crippen molar-refractivity contribution in [3.05, 3.63) is 30.1 Å². The number of likely N-dealkylation sites (tertiary alicyclic amines) is 1. The quantitative estimate of drug-likeness (QED) is 0.813. The lowest BCUT2D eigenvalue weighted by Gasteiger charge is -2.39. The van der Waals surface area contributed by atoms with Crippen molar-refractivity contribution in [2.24, 2.45) is 11.1 Å². The lowest BCUT2D eigenvalue weighted by atomic mass is 10.0. The fourth-order valence-electron chi connectivity index (χ4n) is 4.73. The van der Waals surface area contributed by atoms with E-state index in [-0.39, 0.29) is 23.5 Å². The summed E-state index contributed by atoms with van der Waals surface area (Å²) in [5.74, 6) is 0.0183. The molecule has 2 aromatic rings. The Balaban J connectivity index is 1.42. The highest BCUT2D eigenvalue weighted by atomic mass is 16.5. The van der Waals surface area contributed by atoms with Crippen LogP contribution in [0, 0.1) is 16.7 Å². The van der Waals surface area contributed by atoms with Crippen LogP contribution in [0.2, 0.25) is 0 Å². The van der Waals surface area contributed by atoms with Crippen molar-refractivity contribution in [3.8, 4) is 6.07 Å². The highest BCUT2D eigenvalue weighted by Crippen LogP contribution is 2.52. The van der Waals surface area contributed by atoms with Crippen molar-refractivity contribution < 1.29 is 9.53 Å². The number of rotatable bonds is 2. The van der Waals surface area contributed by atoms with Gasteiger partial charge < -0.3 is 20.3 Å². The van der Waals surface area contributed by atoms with Crippen molar-refractivity contribution in [2.45, 2.75) is 38.0 Å². The number of amides is 1. The summed E-state index contributed by atoms with van der Waals surface area (Å²) in [6.45, 7) is 4.41. The smallest absolute Gasteiger partial charge is 0.253 e. The summed E-state index contributed by atoms with van der Waals surface area (Å²) < 4.78 is 6.03. The van der Waals surface area contributed by atoms with Gasteiger partial charge in [0.25, 0.3) is 5.91 Å². The van der Waals surface area contributed by atoms with Crippen molar-refractivity contribution >= 4 is 22.6 Å². The van der Waals surface area contributed by atoms with Gasteiger partial charge in [-0.1, -0.05) is 0 Å². The first-order valence-electron chi connectivity index (χ1n) is 10.1. The SMILES string of the molecule is C[C@@H]1CN(c2ccc(C#N)c3nccnc23)C[C@H](C(=O)N2C[C@@H](N)C3(CC3)C2)O1. The third-order valence-corrected chi connectivity index (χ3v) is 6.51. The molecule has 2 aliphatic heterocycles. The number of carbonyl (C=O) groups excluding carboxylic acids is 1. The minimum atomic E-state index is -0.540. The summed E-state index contributed by atoms with van der Waals surface area (Å²) in [5, 5.41) is 9.37. The van der Waals surface area contributed by atoms with Crippen molar-refractivity contribution in [1.29, 1.82) is 5.26 Å². The van der Waals surface area contributed by atoms with E-state index in [9.17, 15) is 10.1 Å². The van der Waals surface area contributed by atoms with E-state index < -0.39 is 6.10 Å². The van der Waals surface area contributed by atoms with Crippen LogP contribution in [-0.2, 0) is 9.53 Å². The topological polar surface area (TPSA) is 108 Å². The Morgan fingerprint density at radius 3 is 2.69 bits per heavy atom. The van der Waals surface area contributed by atoms with Gasteiger partial charge in [-0.05, 0) is 31.9 Å². The summed E-state index contributed by atoms with van der Waals surface area (Å²) in [5.41, 5.74) is 9.05. The van der Waals surface area contributed by atoms with Gasteiger partial charge in [0.05, 0.1) is 23.9 Å². The molecule has 8 heteroatoms. The first kappa shape index (κ1) is 18.3. The zero-order valence-corrected chi connectivity index (χ0v) is 16.4. The second kappa shape index (κ2) is 6.65. The molecular formula is C21H24N6O2. The minimum Gasteiger partial charge on any atom is -0.364 e. The highest BCUT2D eigenvalue weighted by Gasteiger charge is 2.55. The molecule has 29 heavy (non-hydrogen) atoms. The van der Waals surface area contributed by atoms with Crippen LogP contribution in [0.5, 0.6) is 0 Å². The summed E-state index contributed by atoms with van der Waals surface area (Å²) in [7, 11) is 0. The van der Waals surface area contributed by atoms with Crippen LogP contribution < -0.4 is 10.6 Å². The molecule has 0 bridgehead atoms. The molecule has 8 nitrogen and oxygen atoms in total. The maximum atomic E-state index is 13.2. The molecular weight excluding hydrogens is 368 g/mol. The lowest BCUT2D eigenvalue weighted by molar-refractivity contribution is -0.147. The molecule has 1 aromatic heterocycles. The number of nitrogens with zero attached hydrogens (tertiary/aromatic N) is 5. The molecule has 3 atom stereocenters. The Hall–Kier alpha value is -2.76. The molecule has 3 heterocycles. The number of benzene rings is 1. The van der Waals surface area contributed by atoms with Gasteiger partial charge >= 0.3 is 0 Å². The molecule has 3 fully saturated rings. The number of ether oxygens (including phenoxy) is 1. The predicted octanol–water partition coefficient (Wildman–Crippen LogP) is 1.04. The number of anilines is 1. The Morgan fingerprint density at radius 2 is 2.00 bits per heavy atom. The van der Waals surface area contributed by atoms with Gasteiger partial charge in [-0.15, -0.1) is 0 Å². The third kappa shape index (κ3) is 3.02. The van der Waals surface area contributed by atoms with Gasteiger partial charge in [0.2, 0.25) is 0 Å². The summed E-state index contributed by atoms with van der Waals surface area (Å²) in [6, 6.07) is 5.90. The highest BCUT2D eigenvalue weighted by molar-refractivity contribution is 5.92. The van der Waals surface area contributed by atoms with Gasteiger partial charge in [0.1, 0.15) is 17.1 Å². The molecule has 1 saturated carbocycles. The minimum absolute atomic E-state index is 0.0183. The van der Waals surface area contributed by atoms with Crippen molar-refractivity contribution in [2.75, 3.05) is 31.1 Å². The fourth-order valence-corrected chi connectivity index (χ4v) is 4.73.